The summed E-state index contributed by atoms with van der Waals surface area (Å²) < 4.78 is 13.4. The van der Waals surface area contributed by atoms with E-state index in [2.05, 4.69) is 27.4 Å². The number of fused-ring (bicyclic) bond motifs is 1. The summed E-state index contributed by atoms with van der Waals surface area (Å²) in [5, 5.41) is 6.86. The molecule has 2 aromatic rings. The molecule has 0 unspecified atom stereocenters. The van der Waals surface area contributed by atoms with E-state index in [-0.39, 0.29) is 17.9 Å². The van der Waals surface area contributed by atoms with Crippen LogP contribution < -0.4 is 10.6 Å². The minimum atomic E-state index is -0.242. The molecule has 1 aliphatic heterocycles. The number of nitrogens with zero attached hydrogens (tertiary/aromatic N) is 1. The number of carbonyl (C=O) groups excluding carboxylic acids is 1. The van der Waals surface area contributed by atoms with E-state index < -0.39 is 0 Å². The number of carbonyl (C=O) groups is 1. The summed E-state index contributed by atoms with van der Waals surface area (Å²) in [5.41, 5.74) is 1.93. The van der Waals surface area contributed by atoms with Crippen molar-refractivity contribution in [1.29, 1.82) is 0 Å². The van der Waals surface area contributed by atoms with Crippen molar-refractivity contribution in [3.05, 3.63) is 35.8 Å². The van der Waals surface area contributed by atoms with E-state index in [0.717, 1.165) is 48.9 Å². The number of aromatic nitrogens is 1. The highest BCUT2D eigenvalue weighted by molar-refractivity contribution is 5.83. The van der Waals surface area contributed by atoms with Crippen LogP contribution in [0.2, 0.25) is 0 Å². The van der Waals surface area contributed by atoms with Gasteiger partial charge < -0.3 is 20.5 Å². The fourth-order valence-electron chi connectivity index (χ4n) is 3.52. The van der Waals surface area contributed by atoms with Gasteiger partial charge in [-0.3, -0.25) is 0 Å². The van der Waals surface area contributed by atoms with Gasteiger partial charge in [0, 0.05) is 42.8 Å². The Morgan fingerprint density at radius 1 is 1.36 bits per heavy atom. The number of aromatic amines is 1. The van der Waals surface area contributed by atoms with Crippen LogP contribution in [0.1, 0.15) is 31.7 Å². The second kappa shape index (κ2) is 8.34. The van der Waals surface area contributed by atoms with E-state index in [4.69, 9.17) is 0 Å². The van der Waals surface area contributed by atoms with Gasteiger partial charge >= 0.3 is 6.03 Å². The van der Waals surface area contributed by atoms with Crippen LogP contribution in [0.4, 0.5) is 9.18 Å². The summed E-state index contributed by atoms with van der Waals surface area (Å²) in [6, 6.07) is 4.86. The minimum Gasteiger partial charge on any atom is -0.361 e. The molecule has 0 saturated carbocycles. The Hall–Kier alpha value is -2.08. The number of amides is 2. The SMILES string of the molecule is CCCN1CCC(NC(=O)NCCc2c[nH]c3ccc(F)cc23)CC1. The van der Waals surface area contributed by atoms with E-state index in [1.165, 1.54) is 18.6 Å². The van der Waals surface area contributed by atoms with Crippen molar-refractivity contribution in [2.75, 3.05) is 26.2 Å². The summed E-state index contributed by atoms with van der Waals surface area (Å²) >= 11 is 0. The molecule has 0 spiro atoms. The molecule has 25 heavy (non-hydrogen) atoms. The third-order valence-corrected chi connectivity index (χ3v) is 4.87. The second-order valence-corrected chi connectivity index (χ2v) is 6.77. The number of piperidine rings is 1. The van der Waals surface area contributed by atoms with Gasteiger partial charge in [-0.05, 0) is 56.0 Å². The van der Waals surface area contributed by atoms with Crippen molar-refractivity contribution in [2.45, 2.75) is 38.6 Å². The van der Waals surface area contributed by atoms with Gasteiger partial charge in [-0.25, -0.2) is 9.18 Å². The normalized spacial score (nSPS) is 16.2. The number of urea groups is 1. The molecule has 1 fully saturated rings. The van der Waals surface area contributed by atoms with E-state index >= 15 is 0 Å². The monoisotopic (exact) mass is 346 g/mol. The molecule has 1 aromatic carbocycles. The van der Waals surface area contributed by atoms with Gasteiger partial charge in [0.05, 0.1) is 0 Å². The summed E-state index contributed by atoms with van der Waals surface area (Å²) in [6.07, 6.45) is 5.75. The van der Waals surface area contributed by atoms with Gasteiger partial charge in [-0.2, -0.15) is 0 Å². The largest absolute Gasteiger partial charge is 0.361 e. The van der Waals surface area contributed by atoms with E-state index in [1.807, 2.05) is 6.20 Å². The summed E-state index contributed by atoms with van der Waals surface area (Å²) in [4.78, 5) is 17.6. The zero-order chi connectivity index (χ0) is 17.6. The zero-order valence-electron chi connectivity index (χ0n) is 14.8. The quantitative estimate of drug-likeness (QED) is 0.753. The van der Waals surface area contributed by atoms with Crippen molar-refractivity contribution in [3.63, 3.8) is 0 Å². The minimum absolute atomic E-state index is 0.111. The molecular formula is C19H27FN4O. The number of rotatable bonds is 6. The van der Waals surface area contributed by atoms with Gasteiger partial charge in [0.2, 0.25) is 0 Å². The first-order valence-corrected chi connectivity index (χ1v) is 9.18. The molecule has 0 atom stereocenters. The number of benzene rings is 1. The van der Waals surface area contributed by atoms with Crippen LogP contribution in [0.15, 0.2) is 24.4 Å². The lowest BCUT2D eigenvalue weighted by molar-refractivity contribution is 0.192. The first kappa shape index (κ1) is 17.7. The number of nitrogens with one attached hydrogen (secondary N) is 3. The molecule has 1 aromatic heterocycles. The zero-order valence-corrected chi connectivity index (χ0v) is 14.8. The van der Waals surface area contributed by atoms with Crippen molar-refractivity contribution >= 4 is 16.9 Å². The second-order valence-electron chi connectivity index (χ2n) is 6.77. The number of halogens is 1. The van der Waals surface area contributed by atoms with Crippen molar-refractivity contribution in [1.82, 2.24) is 20.5 Å². The number of likely N-dealkylation sites (tertiary alicyclic amines) is 1. The third-order valence-electron chi connectivity index (χ3n) is 4.87. The molecule has 1 saturated heterocycles. The Bertz CT molecular complexity index is 707. The maximum absolute atomic E-state index is 13.4. The lowest BCUT2D eigenvalue weighted by Crippen LogP contribution is -2.48. The van der Waals surface area contributed by atoms with Crippen LogP contribution in [0.25, 0.3) is 10.9 Å². The Morgan fingerprint density at radius 2 is 2.16 bits per heavy atom. The topological polar surface area (TPSA) is 60.2 Å². The van der Waals surface area contributed by atoms with E-state index in [0.29, 0.717) is 13.0 Å². The van der Waals surface area contributed by atoms with Gasteiger partial charge in [-0.1, -0.05) is 6.92 Å². The summed E-state index contributed by atoms with van der Waals surface area (Å²) in [7, 11) is 0. The van der Waals surface area contributed by atoms with Crippen LogP contribution in [-0.4, -0.2) is 48.1 Å². The molecule has 5 nitrogen and oxygen atoms in total. The average Bonchev–Trinajstić information content (AvgIpc) is 2.99. The lowest BCUT2D eigenvalue weighted by Gasteiger charge is -2.32. The standard InChI is InChI=1S/C19H27FN4O/c1-2-9-24-10-6-16(7-11-24)23-19(25)21-8-5-14-13-22-18-4-3-15(20)12-17(14)18/h3-4,12-13,16,22H,2,5-11H2,1H3,(H2,21,23,25). The molecule has 1 aliphatic rings. The van der Waals surface area contributed by atoms with Crippen molar-refractivity contribution in [3.8, 4) is 0 Å². The predicted octanol–water partition coefficient (Wildman–Crippen LogP) is 3.02. The first-order valence-electron chi connectivity index (χ1n) is 9.18. The highest BCUT2D eigenvalue weighted by Gasteiger charge is 2.19. The first-order chi connectivity index (χ1) is 12.2. The molecule has 136 valence electrons. The Labute approximate surface area is 148 Å². The van der Waals surface area contributed by atoms with Crippen LogP contribution >= 0.6 is 0 Å². The molecule has 6 heteroatoms. The van der Waals surface area contributed by atoms with Crippen LogP contribution in [0, 0.1) is 5.82 Å². The maximum atomic E-state index is 13.4. The number of H-pyrrole nitrogens is 1. The van der Waals surface area contributed by atoms with E-state index in [9.17, 15) is 9.18 Å². The molecule has 2 heterocycles. The van der Waals surface area contributed by atoms with Gasteiger partial charge in [-0.15, -0.1) is 0 Å². The van der Waals surface area contributed by atoms with Gasteiger partial charge in [0.25, 0.3) is 0 Å². The molecule has 2 amide bonds. The van der Waals surface area contributed by atoms with E-state index in [1.54, 1.807) is 6.07 Å². The fourth-order valence-corrected chi connectivity index (χ4v) is 3.52. The molecule has 0 radical (unpaired) electrons. The number of hydrogen-bond acceptors (Lipinski definition) is 2. The van der Waals surface area contributed by atoms with Gasteiger partial charge in [0.15, 0.2) is 0 Å². The van der Waals surface area contributed by atoms with Crippen LogP contribution in [0.3, 0.4) is 0 Å². The third kappa shape index (κ3) is 4.72. The average molecular weight is 346 g/mol. The van der Waals surface area contributed by atoms with Crippen molar-refractivity contribution < 1.29 is 9.18 Å². The summed E-state index contributed by atoms with van der Waals surface area (Å²) in [5.74, 6) is -0.242. The Kier molecular flexibility index (Phi) is 5.91. The smallest absolute Gasteiger partial charge is 0.315 e. The summed E-state index contributed by atoms with van der Waals surface area (Å²) in [6.45, 7) is 5.98. The predicted molar refractivity (Wildman–Crippen MR) is 98.2 cm³/mol. The molecule has 3 N–H and O–H groups in total. The Morgan fingerprint density at radius 3 is 2.92 bits per heavy atom. The lowest BCUT2D eigenvalue weighted by atomic mass is 10.1. The highest BCUT2D eigenvalue weighted by Crippen LogP contribution is 2.19. The molecule has 0 aliphatic carbocycles. The van der Waals surface area contributed by atoms with Crippen LogP contribution in [-0.2, 0) is 6.42 Å². The van der Waals surface area contributed by atoms with Crippen molar-refractivity contribution in [2.24, 2.45) is 0 Å². The van der Waals surface area contributed by atoms with Gasteiger partial charge in [0.1, 0.15) is 5.82 Å². The number of hydrogen-bond donors (Lipinski definition) is 3. The Balaban J connectivity index is 1.41. The molecule has 0 bridgehead atoms. The fraction of sp³-hybridized carbons (Fsp3) is 0.526. The molecule has 3 rings (SSSR count). The van der Waals surface area contributed by atoms with Crippen LogP contribution in [0.5, 0.6) is 0 Å². The highest BCUT2D eigenvalue weighted by atomic mass is 19.1. The maximum Gasteiger partial charge on any atom is 0.315 e. The molecular weight excluding hydrogens is 319 g/mol.